The summed E-state index contributed by atoms with van der Waals surface area (Å²) in [6.45, 7) is 6.68. The number of aliphatic hydroxyl groups excluding tert-OH is 1. The van der Waals surface area contributed by atoms with Crippen LogP contribution in [0.25, 0.3) is 0 Å². The second-order valence-corrected chi connectivity index (χ2v) is 4.69. The van der Waals surface area contributed by atoms with E-state index in [4.69, 9.17) is 9.47 Å². The molecule has 0 radical (unpaired) electrons. The minimum Gasteiger partial charge on any atom is -0.390 e. The lowest BCUT2D eigenvalue weighted by molar-refractivity contribution is -0.0664. The van der Waals surface area contributed by atoms with Crippen molar-refractivity contribution in [3.8, 4) is 0 Å². The van der Waals surface area contributed by atoms with Crippen LogP contribution in [0.15, 0.2) is 0 Å². The Kier molecular flexibility index (Phi) is 7.01. The fourth-order valence-corrected chi connectivity index (χ4v) is 2.16. The van der Waals surface area contributed by atoms with Crippen LogP contribution >= 0.6 is 0 Å². The summed E-state index contributed by atoms with van der Waals surface area (Å²) in [6.07, 6.45) is 4.66. The van der Waals surface area contributed by atoms with Crippen molar-refractivity contribution in [3.05, 3.63) is 0 Å². The van der Waals surface area contributed by atoms with E-state index in [0.717, 1.165) is 51.9 Å². The highest BCUT2D eigenvalue weighted by Gasteiger charge is 2.20. The molecule has 1 aliphatic heterocycles. The van der Waals surface area contributed by atoms with Gasteiger partial charge in [-0.2, -0.15) is 0 Å². The van der Waals surface area contributed by atoms with E-state index in [-0.39, 0.29) is 12.2 Å². The quantitative estimate of drug-likeness (QED) is 0.729. The Morgan fingerprint density at radius 1 is 1.31 bits per heavy atom. The van der Waals surface area contributed by atoms with Crippen LogP contribution in [0.3, 0.4) is 0 Å². The largest absolute Gasteiger partial charge is 0.390 e. The van der Waals surface area contributed by atoms with Gasteiger partial charge in [0.15, 0.2) is 0 Å². The molecule has 1 aliphatic rings. The van der Waals surface area contributed by atoms with Gasteiger partial charge in [-0.3, -0.25) is 0 Å². The molecule has 1 N–H and O–H groups in total. The molecule has 96 valence electrons. The van der Waals surface area contributed by atoms with Crippen LogP contribution in [0, 0.1) is 5.92 Å². The molecule has 0 aliphatic carbocycles. The first-order valence-electron chi connectivity index (χ1n) is 6.65. The zero-order valence-electron chi connectivity index (χ0n) is 10.7. The average molecular weight is 230 g/mol. The number of ether oxygens (including phenoxy) is 2. The van der Waals surface area contributed by atoms with Gasteiger partial charge in [-0.05, 0) is 31.6 Å². The predicted octanol–water partition coefficient (Wildman–Crippen LogP) is 2.37. The Morgan fingerprint density at radius 3 is 2.56 bits per heavy atom. The van der Waals surface area contributed by atoms with Crippen molar-refractivity contribution in [2.75, 3.05) is 19.8 Å². The van der Waals surface area contributed by atoms with Crippen molar-refractivity contribution in [1.29, 1.82) is 0 Å². The fourth-order valence-electron chi connectivity index (χ4n) is 2.16. The van der Waals surface area contributed by atoms with Gasteiger partial charge in [0.2, 0.25) is 0 Å². The smallest absolute Gasteiger partial charge is 0.0831 e. The van der Waals surface area contributed by atoms with E-state index in [1.54, 1.807) is 0 Å². The zero-order valence-corrected chi connectivity index (χ0v) is 10.7. The molecule has 0 amide bonds. The maximum atomic E-state index is 9.89. The topological polar surface area (TPSA) is 38.7 Å². The Morgan fingerprint density at radius 2 is 2.00 bits per heavy atom. The third kappa shape index (κ3) is 4.81. The van der Waals surface area contributed by atoms with Crippen LogP contribution < -0.4 is 0 Å². The van der Waals surface area contributed by atoms with Gasteiger partial charge in [-0.25, -0.2) is 0 Å². The van der Waals surface area contributed by atoms with E-state index >= 15 is 0 Å². The van der Waals surface area contributed by atoms with E-state index in [0.29, 0.717) is 5.92 Å². The van der Waals surface area contributed by atoms with Crippen molar-refractivity contribution < 1.29 is 14.6 Å². The molecule has 1 rings (SSSR count). The van der Waals surface area contributed by atoms with Crippen molar-refractivity contribution in [2.45, 2.75) is 58.2 Å². The Bertz CT molecular complexity index is 167. The molecule has 0 aromatic heterocycles. The highest BCUT2D eigenvalue weighted by atomic mass is 16.5. The summed E-state index contributed by atoms with van der Waals surface area (Å²) in [5.74, 6) is 0.622. The molecule has 1 saturated heterocycles. The lowest BCUT2D eigenvalue weighted by atomic mass is 10.0. The minimum atomic E-state index is -0.296. The fraction of sp³-hybridized carbons (Fsp3) is 1.00. The monoisotopic (exact) mass is 230 g/mol. The maximum absolute atomic E-state index is 9.89. The average Bonchev–Trinajstić information content (AvgIpc) is 2.31. The second kappa shape index (κ2) is 8.04. The molecule has 0 bridgehead atoms. The number of rotatable bonds is 7. The van der Waals surface area contributed by atoms with Gasteiger partial charge < -0.3 is 14.6 Å². The molecule has 0 spiro atoms. The molecular formula is C13H26O3. The molecule has 0 saturated carbocycles. The van der Waals surface area contributed by atoms with Gasteiger partial charge in [0.25, 0.3) is 0 Å². The molecular weight excluding hydrogens is 204 g/mol. The first kappa shape index (κ1) is 13.9. The van der Waals surface area contributed by atoms with Crippen LogP contribution in [0.1, 0.15) is 46.0 Å². The van der Waals surface area contributed by atoms with E-state index in [2.05, 4.69) is 13.8 Å². The first-order valence-corrected chi connectivity index (χ1v) is 6.65. The SMILES string of the molecule is CCCC(O)C(CC)OCC1CCOCC1. The Hall–Kier alpha value is -0.120. The van der Waals surface area contributed by atoms with Gasteiger partial charge >= 0.3 is 0 Å². The van der Waals surface area contributed by atoms with Crippen molar-refractivity contribution in [2.24, 2.45) is 5.92 Å². The first-order chi connectivity index (χ1) is 7.77. The van der Waals surface area contributed by atoms with Crippen molar-refractivity contribution >= 4 is 0 Å². The molecule has 1 fully saturated rings. The van der Waals surface area contributed by atoms with Gasteiger partial charge in [-0.15, -0.1) is 0 Å². The summed E-state index contributed by atoms with van der Waals surface area (Å²) in [7, 11) is 0. The molecule has 2 unspecified atom stereocenters. The molecule has 3 heteroatoms. The predicted molar refractivity (Wildman–Crippen MR) is 64.5 cm³/mol. The number of hydrogen-bond donors (Lipinski definition) is 1. The lowest BCUT2D eigenvalue weighted by Crippen LogP contribution is -2.31. The summed E-state index contributed by atoms with van der Waals surface area (Å²) in [6, 6.07) is 0. The van der Waals surface area contributed by atoms with E-state index < -0.39 is 0 Å². The van der Waals surface area contributed by atoms with Gasteiger partial charge in [-0.1, -0.05) is 20.3 Å². The van der Waals surface area contributed by atoms with E-state index in [1.807, 2.05) is 0 Å². The van der Waals surface area contributed by atoms with E-state index in [1.165, 1.54) is 0 Å². The van der Waals surface area contributed by atoms with E-state index in [9.17, 15) is 5.11 Å². The van der Waals surface area contributed by atoms with Crippen molar-refractivity contribution in [3.63, 3.8) is 0 Å². The minimum absolute atomic E-state index is 0.0165. The number of aliphatic hydroxyl groups is 1. The normalized spacial score (nSPS) is 21.9. The molecule has 2 atom stereocenters. The summed E-state index contributed by atoms with van der Waals surface area (Å²) < 4.78 is 11.2. The van der Waals surface area contributed by atoms with Gasteiger partial charge in [0, 0.05) is 13.2 Å². The summed E-state index contributed by atoms with van der Waals surface area (Å²) in [5, 5.41) is 9.89. The number of hydrogen-bond acceptors (Lipinski definition) is 3. The highest BCUT2D eigenvalue weighted by Crippen LogP contribution is 2.18. The summed E-state index contributed by atoms with van der Waals surface area (Å²) >= 11 is 0. The van der Waals surface area contributed by atoms with Crippen LogP contribution in [0.4, 0.5) is 0 Å². The Labute approximate surface area is 99.1 Å². The van der Waals surface area contributed by atoms with Gasteiger partial charge in [0.1, 0.15) is 0 Å². The van der Waals surface area contributed by atoms with Crippen molar-refractivity contribution in [1.82, 2.24) is 0 Å². The van der Waals surface area contributed by atoms with Crippen LogP contribution in [0.2, 0.25) is 0 Å². The van der Waals surface area contributed by atoms with Crippen LogP contribution in [0.5, 0.6) is 0 Å². The lowest BCUT2D eigenvalue weighted by Gasteiger charge is -2.27. The Balaban J connectivity index is 2.21. The third-order valence-corrected chi connectivity index (χ3v) is 3.30. The molecule has 1 heterocycles. The third-order valence-electron chi connectivity index (χ3n) is 3.30. The summed E-state index contributed by atoms with van der Waals surface area (Å²) in [5.41, 5.74) is 0. The molecule has 0 aromatic rings. The van der Waals surface area contributed by atoms with Crippen LogP contribution in [-0.4, -0.2) is 37.1 Å². The summed E-state index contributed by atoms with van der Waals surface area (Å²) in [4.78, 5) is 0. The van der Waals surface area contributed by atoms with Gasteiger partial charge in [0.05, 0.1) is 18.8 Å². The van der Waals surface area contributed by atoms with Crippen LogP contribution in [-0.2, 0) is 9.47 Å². The maximum Gasteiger partial charge on any atom is 0.0831 e. The standard InChI is InChI=1S/C13H26O3/c1-3-5-12(14)13(4-2)16-10-11-6-8-15-9-7-11/h11-14H,3-10H2,1-2H3. The molecule has 0 aromatic carbocycles. The molecule has 3 nitrogen and oxygen atoms in total. The second-order valence-electron chi connectivity index (χ2n) is 4.69. The zero-order chi connectivity index (χ0) is 11.8. The molecule has 16 heavy (non-hydrogen) atoms. The highest BCUT2D eigenvalue weighted by molar-refractivity contribution is 4.69.